The SMILES string of the molecule is Cc1[nH]ncc1CNCc1cccc(C2CC2)c1. The molecule has 18 heavy (non-hydrogen) atoms. The lowest BCUT2D eigenvalue weighted by Crippen LogP contribution is -2.13. The first-order valence-electron chi connectivity index (χ1n) is 6.61. The number of aromatic nitrogens is 2. The second-order valence-corrected chi connectivity index (χ2v) is 5.14. The van der Waals surface area contributed by atoms with Gasteiger partial charge in [0.25, 0.3) is 0 Å². The predicted molar refractivity (Wildman–Crippen MR) is 72.3 cm³/mol. The number of benzene rings is 1. The molecule has 1 aliphatic carbocycles. The molecule has 2 N–H and O–H groups in total. The van der Waals surface area contributed by atoms with Crippen LogP contribution in [0.3, 0.4) is 0 Å². The number of rotatable bonds is 5. The van der Waals surface area contributed by atoms with E-state index in [1.54, 1.807) is 0 Å². The van der Waals surface area contributed by atoms with Crippen LogP contribution in [-0.2, 0) is 13.1 Å². The van der Waals surface area contributed by atoms with Crippen molar-refractivity contribution < 1.29 is 0 Å². The van der Waals surface area contributed by atoms with E-state index in [1.807, 2.05) is 6.20 Å². The molecule has 3 heteroatoms. The topological polar surface area (TPSA) is 40.7 Å². The molecule has 0 saturated heterocycles. The molecule has 0 aliphatic heterocycles. The van der Waals surface area contributed by atoms with Crippen molar-refractivity contribution in [3.05, 3.63) is 52.8 Å². The van der Waals surface area contributed by atoms with Crippen LogP contribution in [-0.4, -0.2) is 10.2 Å². The zero-order chi connectivity index (χ0) is 12.4. The molecule has 3 nitrogen and oxygen atoms in total. The lowest BCUT2D eigenvalue weighted by Gasteiger charge is -2.06. The highest BCUT2D eigenvalue weighted by molar-refractivity contribution is 5.29. The molecule has 0 atom stereocenters. The van der Waals surface area contributed by atoms with Crippen LogP contribution in [0.25, 0.3) is 0 Å². The molecule has 0 radical (unpaired) electrons. The summed E-state index contributed by atoms with van der Waals surface area (Å²) in [4.78, 5) is 0. The van der Waals surface area contributed by atoms with E-state index < -0.39 is 0 Å². The van der Waals surface area contributed by atoms with Gasteiger partial charge in [-0.15, -0.1) is 0 Å². The maximum atomic E-state index is 4.03. The normalized spacial score (nSPS) is 14.9. The average Bonchev–Trinajstić information content (AvgIpc) is 3.15. The van der Waals surface area contributed by atoms with Crippen molar-refractivity contribution in [2.24, 2.45) is 0 Å². The Morgan fingerprint density at radius 3 is 2.94 bits per heavy atom. The Labute approximate surface area is 108 Å². The van der Waals surface area contributed by atoms with Gasteiger partial charge < -0.3 is 5.32 Å². The van der Waals surface area contributed by atoms with E-state index in [0.29, 0.717) is 0 Å². The van der Waals surface area contributed by atoms with Gasteiger partial charge in [0.15, 0.2) is 0 Å². The highest BCUT2D eigenvalue weighted by Crippen LogP contribution is 2.40. The largest absolute Gasteiger partial charge is 0.308 e. The Morgan fingerprint density at radius 1 is 1.33 bits per heavy atom. The molecule has 1 aliphatic rings. The van der Waals surface area contributed by atoms with Crippen LogP contribution in [0, 0.1) is 6.92 Å². The molecule has 0 amide bonds. The van der Waals surface area contributed by atoms with Crippen LogP contribution in [0.5, 0.6) is 0 Å². The van der Waals surface area contributed by atoms with E-state index in [2.05, 4.69) is 46.7 Å². The maximum Gasteiger partial charge on any atom is 0.0535 e. The second-order valence-electron chi connectivity index (χ2n) is 5.14. The van der Waals surface area contributed by atoms with Gasteiger partial charge in [0.05, 0.1) is 6.20 Å². The average molecular weight is 241 g/mol. The first-order valence-corrected chi connectivity index (χ1v) is 6.61. The van der Waals surface area contributed by atoms with Gasteiger partial charge in [-0.1, -0.05) is 24.3 Å². The number of hydrogen-bond acceptors (Lipinski definition) is 2. The monoisotopic (exact) mass is 241 g/mol. The Bertz CT molecular complexity index is 526. The molecule has 2 aromatic rings. The Hall–Kier alpha value is -1.61. The van der Waals surface area contributed by atoms with Crippen LogP contribution in [0.1, 0.15) is 41.1 Å². The second kappa shape index (κ2) is 4.94. The first-order chi connectivity index (χ1) is 8.83. The summed E-state index contributed by atoms with van der Waals surface area (Å²) in [6.45, 7) is 3.85. The van der Waals surface area contributed by atoms with Gasteiger partial charge in [-0.3, -0.25) is 5.10 Å². The third-order valence-corrected chi connectivity index (χ3v) is 3.58. The third-order valence-electron chi connectivity index (χ3n) is 3.58. The van der Waals surface area contributed by atoms with Crippen molar-refractivity contribution in [3.8, 4) is 0 Å². The van der Waals surface area contributed by atoms with Crippen LogP contribution < -0.4 is 5.32 Å². The summed E-state index contributed by atoms with van der Waals surface area (Å²) in [7, 11) is 0. The molecule has 1 fully saturated rings. The molecular formula is C15H19N3. The fourth-order valence-electron chi connectivity index (χ4n) is 2.27. The summed E-state index contributed by atoms with van der Waals surface area (Å²) in [6.07, 6.45) is 4.62. The Morgan fingerprint density at radius 2 is 2.22 bits per heavy atom. The molecule has 1 aromatic heterocycles. The van der Waals surface area contributed by atoms with E-state index in [0.717, 1.165) is 24.7 Å². The lowest BCUT2D eigenvalue weighted by molar-refractivity contribution is 0.690. The minimum Gasteiger partial charge on any atom is -0.308 e. The van der Waals surface area contributed by atoms with Crippen molar-refractivity contribution in [2.75, 3.05) is 0 Å². The summed E-state index contributed by atoms with van der Waals surface area (Å²) in [6, 6.07) is 8.96. The summed E-state index contributed by atoms with van der Waals surface area (Å²) in [5.74, 6) is 0.834. The van der Waals surface area contributed by atoms with E-state index in [1.165, 1.54) is 29.5 Å². The number of H-pyrrole nitrogens is 1. The quantitative estimate of drug-likeness (QED) is 0.845. The molecule has 3 rings (SSSR count). The standard InChI is InChI=1S/C15H19N3/c1-11-15(10-17-18-11)9-16-8-12-3-2-4-14(7-12)13-5-6-13/h2-4,7,10,13,16H,5-6,8-9H2,1H3,(H,17,18). The van der Waals surface area contributed by atoms with Crippen LogP contribution in [0.15, 0.2) is 30.5 Å². The maximum absolute atomic E-state index is 4.03. The molecule has 0 spiro atoms. The molecule has 1 heterocycles. The van der Waals surface area contributed by atoms with Gasteiger partial charge in [0.2, 0.25) is 0 Å². The summed E-state index contributed by atoms with van der Waals surface area (Å²) in [5.41, 5.74) is 5.27. The zero-order valence-electron chi connectivity index (χ0n) is 10.7. The van der Waals surface area contributed by atoms with Gasteiger partial charge in [-0.05, 0) is 36.8 Å². The first kappa shape index (κ1) is 11.5. The van der Waals surface area contributed by atoms with Gasteiger partial charge in [0.1, 0.15) is 0 Å². The van der Waals surface area contributed by atoms with Gasteiger partial charge in [-0.2, -0.15) is 5.10 Å². The van der Waals surface area contributed by atoms with Crippen LogP contribution >= 0.6 is 0 Å². The summed E-state index contributed by atoms with van der Waals surface area (Å²) < 4.78 is 0. The zero-order valence-corrected chi connectivity index (χ0v) is 10.7. The lowest BCUT2D eigenvalue weighted by atomic mass is 10.1. The van der Waals surface area contributed by atoms with E-state index in [9.17, 15) is 0 Å². The van der Waals surface area contributed by atoms with Crippen molar-refractivity contribution in [1.29, 1.82) is 0 Å². The molecule has 94 valence electrons. The minimum atomic E-state index is 0.834. The molecule has 1 aromatic carbocycles. The van der Waals surface area contributed by atoms with E-state index >= 15 is 0 Å². The number of aromatic amines is 1. The fraction of sp³-hybridized carbons (Fsp3) is 0.400. The fourth-order valence-corrected chi connectivity index (χ4v) is 2.27. The summed E-state index contributed by atoms with van der Waals surface area (Å²) >= 11 is 0. The highest BCUT2D eigenvalue weighted by atomic mass is 15.1. The summed E-state index contributed by atoms with van der Waals surface area (Å²) in [5, 5.41) is 10.5. The van der Waals surface area contributed by atoms with Crippen LogP contribution in [0.4, 0.5) is 0 Å². The van der Waals surface area contributed by atoms with Gasteiger partial charge in [0, 0.05) is 24.3 Å². The van der Waals surface area contributed by atoms with Crippen LogP contribution in [0.2, 0.25) is 0 Å². The van der Waals surface area contributed by atoms with Crippen molar-refractivity contribution >= 4 is 0 Å². The Kier molecular flexibility index (Phi) is 3.15. The van der Waals surface area contributed by atoms with Crippen molar-refractivity contribution in [2.45, 2.75) is 38.8 Å². The number of nitrogens with zero attached hydrogens (tertiary/aromatic N) is 1. The van der Waals surface area contributed by atoms with Crippen molar-refractivity contribution in [1.82, 2.24) is 15.5 Å². The van der Waals surface area contributed by atoms with Gasteiger partial charge in [-0.25, -0.2) is 0 Å². The third kappa shape index (κ3) is 2.62. The minimum absolute atomic E-state index is 0.834. The highest BCUT2D eigenvalue weighted by Gasteiger charge is 2.23. The number of aryl methyl sites for hydroxylation is 1. The molecule has 1 saturated carbocycles. The molecule has 0 bridgehead atoms. The van der Waals surface area contributed by atoms with E-state index in [-0.39, 0.29) is 0 Å². The number of nitrogens with one attached hydrogen (secondary N) is 2. The smallest absolute Gasteiger partial charge is 0.0535 e. The van der Waals surface area contributed by atoms with E-state index in [4.69, 9.17) is 0 Å². The number of hydrogen-bond donors (Lipinski definition) is 2. The van der Waals surface area contributed by atoms with Crippen molar-refractivity contribution in [3.63, 3.8) is 0 Å². The Balaban J connectivity index is 1.56. The molecule has 0 unspecified atom stereocenters. The van der Waals surface area contributed by atoms with Gasteiger partial charge >= 0.3 is 0 Å². The predicted octanol–water partition coefficient (Wildman–Crippen LogP) is 2.89. The molecular weight excluding hydrogens is 222 g/mol.